The van der Waals surface area contributed by atoms with Crippen molar-refractivity contribution in [2.45, 2.75) is 58.7 Å². The van der Waals surface area contributed by atoms with Gasteiger partial charge in [-0.3, -0.25) is 0 Å². The Kier molecular flexibility index (Phi) is 10.2. The van der Waals surface area contributed by atoms with Gasteiger partial charge in [-0.25, -0.2) is 0 Å². The predicted octanol–water partition coefficient (Wildman–Crippen LogP) is 3.47. The van der Waals surface area contributed by atoms with Gasteiger partial charge in [-0.05, 0) is 47.4 Å². The van der Waals surface area contributed by atoms with E-state index < -0.39 is 8.07 Å². The van der Waals surface area contributed by atoms with Crippen LogP contribution < -0.4 is 24.8 Å². The molecule has 2 unspecified atom stereocenters. The molecule has 7 rings (SSSR count). The summed E-state index contributed by atoms with van der Waals surface area (Å²) in [5, 5.41) is 6.71. The van der Waals surface area contributed by atoms with Gasteiger partial charge >= 0.3 is 26.2 Å². The van der Waals surface area contributed by atoms with E-state index in [1.807, 2.05) is 11.3 Å². The number of benzene rings is 2. The van der Waals surface area contributed by atoms with Crippen LogP contribution in [-0.2, 0) is 26.2 Å². The van der Waals surface area contributed by atoms with Crippen LogP contribution in [0.3, 0.4) is 0 Å². The Morgan fingerprint density at radius 3 is 2.26 bits per heavy atom. The minimum atomic E-state index is -0.972. The summed E-state index contributed by atoms with van der Waals surface area (Å²) >= 11 is 1.96. The molecule has 35 heavy (non-hydrogen) atoms. The number of hydrogen-bond acceptors (Lipinski definition) is 1. The molecule has 0 amide bonds. The van der Waals surface area contributed by atoms with Gasteiger partial charge in [0.05, 0.1) is 8.07 Å². The number of aryl methyl sites for hydroxylation is 1. The molecule has 3 aliphatic rings. The molecule has 2 atom stereocenters. The zero-order valence-electron chi connectivity index (χ0n) is 21.4. The molecular weight excluding hydrogens is 583 g/mol. The average molecular weight is 616 g/mol. The van der Waals surface area contributed by atoms with Gasteiger partial charge in [-0.2, -0.15) is 6.07 Å². The second-order valence-electron chi connectivity index (χ2n) is 10.2. The first-order chi connectivity index (χ1) is 15.3. The molecule has 181 valence electrons. The zero-order valence-corrected chi connectivity index (χ0v) is 27.2. The first-order valence-electron chi connectivity index (χ1n) is 11.9. The van der Waals surface area contributed by atoms with E-state index in [1.54, 1.807) is 21.2 Å². The van der Waals surface area contributed by atoms with E-state index in [2.05, 4.69) is 107 Å². The van der Waals surface area contributed by atoms with E-state index in [4.69, 9.17) is 0 Å². The van der Waals surface area contributed by atoms with E-state index in [9.17, 15) is 0 Å². The molecular formula is C30H33Cl2SSiZr. The monoisotopic (exact) mass is 613 g/mol. The summed E-state index contributed by atoms with van der Waals surface area (Å²) in [7, 11) is -0.972. The molecule has 0 fully saturated rings. The first kappa shape index (κ1) is 30.4. The Morgan fingerprint density at radius 1 is 0.971 bits per heavy atom. The van der Waals surface area contributed by atoms with Gasteiger partial charge in [0.1, 0.15) is 0 Å². The molecule has 1 aromatic heterocycles. The molecule has 3 heterocycles. The first-order valence-corrected chi connectivity index (χ1v) is 15.8. The minimum absolute atomic E-state index is 0. The third-order valence-corrected chi connectivity index (χ3v) is 13.0. The smallest absolute Gasteiger partial charge is 1.00 e. The third-order valence-electron chi connectivity index (χ3n) is 7.72. The van der Waals surface area contributed by atoms with Gasteiger partial charge in [0.2, 0.25) is 0 Å². The maximum Gasteiger partial charge on any atom is 3.00 e. The molecule has 2 bridgehead atoms. The van der Waals surface area contributed by atoms with Gasteiger partial charge in [-0.15, -0.1) is 45.9 Å². The Balaban J connectivity index is 0.000000249. The summed E-state index contributed by atoms with van der Waals surface area (Å²) in [6, 6.07) is 22.5. The number of fused-ring (bicyclic) bond motifs is 1. The summed E-state index contributed by atoms with van der Waals surface area (Å²) < 4.78 is 0. The fourth-order valence-electron chi connectivity index (χ4n) is 5.96. The summed E-state index contributed by atoms with van der Waals surface area (Å²) in [5.74, 6) is 0.640. The van der Waals surface area contributed by atoms with Crippen molar-refractivity contribution in [1.29, 1.82) is 0 Å². The molecule has 1 radical (unpaired) electrons. The maximum absolute atomic E-state index is 2.51. The topological polar surface area (TPSA) is 0 Å². The van der Waals surface area contributed by atoms with Crippen LogP contribution >= 0.6 is 11.3 Å². The Morgan fingerprint density at radius 2 is 1.66 bits per heavy atom. The van der Waals surface area contributed by atoms with Crippen LogP contribution in [-0.4, -0.2) is 8.07 Å². The van der Waals surface area contributed by atoms with E-state index in [1.165, 1.54) is 39.4 Å². The van der Waals surface area contributed by atoms with E-state index in [-0.39, 0.29) is 51.0 Å². The van der Waals surface area contributed by atoms with E-state index in [0.29, 0.717) is 5.92 Å². The molecule has 3 aromatic carbocycles. The Bertz CT molecular complexity index is 1330. The van der Waals surface area contributed by atoms with Gasteiger partial charge in [-0.1, -0.05) is 80.5 Å². The van der Waals surface area contributed by atoms with Crippen LogP contribution in [0.4, 0.5) is 0 Å². The van der Waals surface area contributed by atoms with Crippen LogP contribution in [0.25, 0.3) is 27.1 Å². The molecule has 4 aromatic rings. The molecule has 1 aliphatic carbocycles. The fourth-order valence-corrected chi connectivity index (χ4v) is 12.3. The van der Waals surface area contributed by atoms with Crippen LogP contribution in [0.2, 0.25) is 13.1 Å². The predicted molar refractivity (Wildman–Crippen MR) is 146 cm³/mol. The van der Waals surface area contributed by atoms with Crippen molar-refractivity contribution in [3.63, 3.8) is 0 Å². The third kappa shape index (κ3) is 5.14. The number of halogens is 2. The number of hydrogen-bond donors (Lipinski definition) is 0. The minimum Gasteiger partial charge on any atom is -1.00 e. The zero-order chi connectivity index (χ0) is 22.6. The van der Waals surface area contributed by atoms with E-state index in [0.717, 1.165) is 5.54 Å². The largest absolute Gasteiger partial charge is 3.00 e. The average Bonchev–Trinajstić information content (AvgIpc) is 3.49. The van der Waals surface area contributed by atoms with Crippen molar-refractivity contribution in [1.82, 2.24) is 0 Å². The quantitative estimate of drug-likeness (QED) is 0.245. The van der Waals surface area contributed by atoms with Gasteiger partial charge in [0.25, 0.3) is 0 Å². The molecule has 0 N–H and O–H groups in total. The molecule has 5 heteroatoms. The van der Waals surface area contributed by atoms with Crippen LogP contribution in [0.1, 0.15) is 60.2 Å². The van der Waals surface area contributed by atoms with Crippen molar-refractivity contribution in [2.24, 2.45) is 0 Å². The van der Waals surface area contributed by atoms with Gasteiger partial charge in [0.15, 0.2) is 0 Å². The number of allylic oxidation sites excluding steroid dienone is 1. The van der Waals surface area contributed by atoms with E-state index >= 15 is 0 Å². The summed E-state index contributed by atoms with van der Waals surface area (Å²) in [6.07, 6.45) is 1.19. The second-order valence-corrected chi connectivity index (χ2v) is 15.7. The molecule has 0 saturated carbocycles. The Labute approximate surface area is 247 Å². The maximum atomic E-state index is 2.51. The summed E-state index contributed by atoms with van der Waals surface area (Å²) in [6.45, 7) is 14.0. The number of thiophene rings is 1. The molecule has 0 nitrogen and oxygen atoms in total. The normalized spacial score (nSPS) is 17.1. The fraction of sp³-hybridized carbons (Fsp3) is 0.300. The van der Waals surface area contributed by atoms with Gasteiger partial charge in [0, 0.05) is 10.4 Å². The molecule has 0 saturated heterocycles. The molecule has 2 aliphatic heterocycles. The summed E-state index contributed by atoms with van der Waals surface area (Å²) in [5.41, 5.74) is 9.61. The van der Waals surface area contributed by atoms with Crippen LogP contribution in [0, 0.1) is 6.92 Å². The second kappa shape index (κ2) is 11.7. The standard InChI is InChI=1S/C20H21.C10H12SSi.2ClH.Zr/c1-4-15(3)16-8-10-17(11-9-16)19-7-5-6-18-12-14(2)13-20(18)19;1-6-9-7-4-5-11-8(7)10(6)12(9,2)3;;;/h5-13,15H,4H2,1-3H3;4-5,10H,1-3H3;2*1H;/q-1;;;;+3/p-2. The van der Waals surface area contributed by atoms with Crippen molar-refractivity contribution in [2.75, 3.05) is 0 Å². The van der Waals surface area contributed by atoms with Crippen molar-refractivity contribution >= 4 is 35.4 Å². The SMILES string of the molecule is CC1=C2c3ccsc3C1[Si]2(C)C.CCC(C)c1ccc(-c2cccc3[cH-]c(C)cc23)cc1.[Cl-].[Cl-].[Zr+3]. The van der Waals surface area contributed by atoms with Gasteiger partial charge < -0.3 is 24.8 Å². The summed E-state index contributed by atoms with van der Waals surface area (Å²) in [4.78, 5) is 1.68. The van der Waals surface area contributed by atoms with Crippen molar-refractivity contribution < 1.29 is 51.0 Å². The van der Waals surface area contributed by atoms with Crippen LogP contribution in [0.5, 0.6) is 0 Å². The Hall–Kier alpha value is -0.830. The molecule has 0 spiro atoms. The van der Waals surface area contributed by atoms with Crippen molar-refractivity contribution in [3.05, 3.63) is 93.2 Å². The van der Waals surface area contributed by atoms with Crippen LogP contribution in [0.15, 0.2) is 71.6 Å². The number of rotatable bonds is 3. The van der Waals surface area contributed by atoms with Crippen molar-refractivity contribution in [3.8, 4) is 11.1 Å².